The van der Waals surface area contributed by atoms with Crippen LogP contribution in [0.3, 0.4) is 0 Å². The molecule has 0 amide bonds. The van der Waals surface area contributed by atoms with E-state index in [0.717, 1.165) is 40.4 Å². The van der Waals surface area contributed by atoms with E-state index in [0.29, 0.717) is 29.0 Å². The van der Waals surface area contributed by atoms with Gasteiger partial charge in [0, 0.05) is 23.4 Å². The predicted octanol–water partition coefficient (Wildman–Crippen LogP) is 5.39. The Morgan fingerprint density at radius 1 is 1.32 bits per heavy atom. The summed E-state index contributed by atoms with van der Waals surface area (Å²) in [4.78, 5) is 20.5. The van der Waals surface area contributed by atoms with Gasteiger partial charge in [0.1, 0.15) is 15.6 Å². The van der Waals surface area contributed by atoms with Gasteiger partial charge in [0.05, 0.1) is 12.3 Å². The van der Waals surface area contributed by atoms with Crippen LogP contribution < -0.4 is 4.74 Å². The molecule has 1 aromatic carbocycles. The molecule has 1 aromatic heterocycles. The fraction of sp³-hybridized carbons (Fsp3) is 0.409. The van der Waals surface area contributed by atoms with Gasteiger partial charge < -0.3 is 9.84 Å². The normalized spacial score (nSPS) is 15.9. The summed E-state index contributed by atoms with van der Waals surface area (Å²) in [6, 6.07) is 6.03. The summed E-state index contributed by atoms with van der Waals surface area (Å²) in [6.07, 6.45) is 5.83. The number of thiazole rings is 1. The van der Waals surface area contributed by atoms with Crippen molar-refractivity contribution in [3.05, 3.63) is 46.6 Å². The van der Waals surface area contributed by atoms with E-state index in [1.807, 2.05) is 18.3 Å². The highest BCUT2D eigenvalue weighted by atomic mass is 32.1. The van der Waals surface area contributed by atoms with Gasteiger partial charge in [0.25, 0.3) is 0 Å². The number of allylic oxidation sites excluding steroid dienone is 1. The van der Waals surface area contributed by atoms with Crippen LogP contribution in [0.5, 0.6) is 5.75 Å². The molecule has 28 heavy (non-hydrogen) atoms. The van der Waals surface area contributed by atoms with Gasteiger partial charge in [-0.2, -0.15) is 0 Å². The Morgan fingerprint density at radius 3 is 2.71 bits per heavy atom. The molecule has 0 saturated carbocycles. The second kappa shape index (κ2) is 8.69. The number of hydrogen-bond acceptors (Lipinski definition) is 5. The number of aryl methyl sites for hydroxylation is 2. The third kappa shape index (κ3) is 4.68. The molecule has 148 valence electrons. The molecule has 0 fully saturated rings. The maximum Gasteiger partial charge on any atom is 0.347 e. The number of benzene rings is 1. The standard InChI is InChI=1S/C22H26N2O3S/c1-13(2)12-27-19-8-7-18(21-24-15(4)20(28-21)22(25)26)11-17(19)6-5-16-9-10-23-14(16)3/h7-11,13,16H,5-6,12H2,1-4H3,(H,25,26). The van der Waals surface area contributed by atoms with E-state index in [1.165, 1.54) is 11.3 Å². The van der Waals surface area contributed by atoms with Crippen LogP contribution in [0.1, 0.15) is 48.1 Å². The first-order valence-corrected chi connectivity index (χ1v) is 10.3. The maximum atomic E-state index is 11.3. The average Bonchev–Trinajstić information content (AvgIpc) is 3.24. The van der Waals surface area contributed by atoms with Crippen molar-refractivity contribution >= 4 is 23.0 Å². The number of carbonyl (C=O) groups is 1. The van der Waals surface area contributed by atoms with Crippen LogP contribution in [-0.4, -0.2) is 28.4 Å². The van der Waals surface area contributed by atoms with Gasteiger partial charge in [-0.1, -0.05) is 19.9 Å². The third-order valence-electron chi connectivity index (χ3n) is 4.73. The van der Waals surface area contributed by atoms with E-state index in [-0.39, 0.29) is 0 Å². The number of aromatic nitrogens is 1. The highest BCUT2D eigenvalue weighted by Crippen LogP contribution is 2.33. The summed E-state index contributed by atoms with van der Waals surface area (Å²) in [5.41, 5.74) is 3.75. The van der Waals surface area contributed by atoms with Crippen molar-refractivity contribution < 1.29 is 14.6 Å². The number of nitrogens with zero attached hydrogens (tertiary/aromatic N) is 2. The molecule has 0 bridgehead atoms. The van der Waals surface area contributed by atoms with Crippen molar-refractivity contribution in [2.24, 2.45) is 16.8 Å². The first-order valence-electron chi connectivity index (χ1n) is 9.53. The van der Waals surface area contributed by atoms with Crippen LogP contribution in [-0.2, 0) is 6.42 Å². The molecule has 1 atom stereocenters. The molecule has 0 radical (unpaired) electrons. The van der Waals surface area contributed by atoms with Crippen LogP contribution in [0.2, 0.25) is 0 Å². The Balaban J connectivity index is 1.88. The van der Waals surface area contributed by atoms with Crippen molar-refractivity contribution in [3.8, 4) is 16.3 Å². The Bertz CT molecular complexity index is 928. The van der Waals surface area contributed by atoms with E-state index in [1.54, 1.807) is 6.92 Å². The highest BCUT2D eigenvalue weighted by Gasteiger charge is 2.18. The van der Waals surface area contributed by atoms with E-state index >= 15 is 0 Å². The van der Waals surface area contributed by atoms with Gasteiger partial charge in [0.15, 0.2) is 0 Å². The molecule has 1 unspecified atom stereocenters. The van der Waals surface area contributed by atoms with Crippen molar-refractivity contribution in [2.45, 2.75) is 40.5 Å². The number of hydrogen-bond donors (Lipinski definition) is 1. The van der Waals surface area contributed by atoms with E-state index in [4.69, 9.17) is 4.74 Å². The quantitative estimate of drug-likeness (QED) is 0.647. The topological polar surface area (TPSA) is 71.8 Å². The zero-order valence-corrected chi connectivity index (χ0v) is 17.5. The summed E-state index contributed by atoms with van der Waals surface area (Å²) >= 11 is 1.22. The van der Waals surface area contributed by atoms with E-state index in [9.17, 15) is 9.90 Å². The summed E-state index contributed by atoms with van der Waals surface area (Å²) in [7, 11) is 0. The number of aromatic carboxylic acids is 1. The minimum atomic E-state index is -0.929. The third-order valence-corrected chi connectivity index (χ3v) is 5.92. The molecule has 2 heterocycles. The van der Waals surface area contributed by atoms with Crippen molar-refractivity contribution in [1.29, 1.82) is 0 Å². The fourth-order valence-electron chi connectivity index (χ4n) is 3.14. The Hall–Kier alpha value is -2.47. The first kappa shape index (κ1) is 20.3. The predicted molar refractivity (Wildman–Crippen MR) is 114 cm³/mol. The zero-order chi connectivity index (χ0) is 20.3. The molecule has 0 saturated heterocycles. The second-order valence-electron chi connectivity index (χ2n) is 7.52. The van der Waals surface area contributed by atoms with Gasteiger partial charge >= 0.3 is 5.97 Å². The molecule has 2 aromatic rings. The molecule has 1 aliphatic rings. The Labute approximate surface area is 169 Å². The molecule has 6 heteroatoms. The zero-order valence-electron chi connectivity index (χ0n) is 16.7. The van der Waals surface area contributed by atoms with E-state index in [2.05, 4.69) is 42.9 Å². The smallest absolute Gasteiger partial charge is 0.347 e. The van der Waals surface area contributed by atoms with Crippen LogP contribution in [0, 0.1) is 18.8 Å². The fourth-order valence-corrected chi connectivity index (χ4v) is 4.04. The van der Waals surface area contributed by atoms with Crippen LogP contribution in [0.4, 0.5) is 0 Å². The summed E-state index contributed by atoms with van der Waals surface area (Å²) in [5.74, 6) is 0.767. The largest absolute Gasteiger partial charge is 0.493 e. The number of aliphatic imine (C=N–C) groups is 1. The molecular formula is C22H26N2O3S. The minimum absolute atomic E-state index is 0.291. The van der Waals surface area contributed by atoms with Gasteiger partial charge in [-0.25, -0.2) is 9.78 Å². The van der Waals surface area contributed by atoms with Crippen molar-refractivity contribution in [2.75, 3.05) is 6.61 Å². The summed E-state index contributed by atoms with van der Waals surface area (Å²) in [5, 5.41) is 10.0. The van der Waals surface area contributed by atoms with Crippen LogP contribution >= 0.6 is 11.3 Å². The van der Waals surface area contributed by atoms with Gasteiger partial charge in [-0.3, -0.25) is 4.99 Å². The molecule has 0 spiro atoms. The summed E-state index contributed by atoms with van der Waals surface area (Å²) in [6.45, 7) is 8.71. The molecular weight excluding hydrogens is 372 g/mol. The molecule has 5 nitrogen and oxygen atoms in total. The van der Waals surface area contributed by atoms with Crippen LogP contribution in [0.15, 0.2) is 35.5 Å². The SMILES string of the molecule is CC1=NC=CC1CCc1cc(-c2nc(C)c(C(=O)O)s2)ccc1OCC(C)C. The Morgan fingerprint density at radius 2 is 2.11 bits per heavy atom. The molecule has 0 aliphatic carbocycles. The highest BCUT2D eigenvalue weighted by molar-refractivity contribution is 7.17. The van der Waals surface area contributed by atoms with Gasteiger partial charge in [0.2, 0.25) is 0 Å². The first-order chi connectivity index (χ1) is 13.3. The summed E-state index contributed by atoms with van der Waals surface area (Å²) < 4.78 is 6.04. The molecule has 3 rings (SSSR count). The monoisotopic (exact) mass is 398 g/mol. The minimum Gasteiger partial charge on any atom is -0.493 e. The van der Waals surface area contributed by atoms with Crippen molar-refractivity contribution in [1.82, 2.24) is 4.98 Å². The van der Waals surface area contributed by atoms with Crippen molar-refractivity contribution in [3.63, 3.8) is 0 Å². The maximum absolute atomic E-state index is 11.3. The number of carboxylic acids is 1. The lowest BCUT2D eigenvalue weighted by Crippen LogP contribution is -2.09. The number of rotatable bonds is 8. The van der Waals surface area contributed by atoms with Gasteiger partial charge in [-0.15, -0.1) is 11.3 Å². The lowest BCUT2D eigenvalue weighted by Gasteiger charge is -2.16. The van der Waals surface area contributed by atoms with Gasteiger partial charge in [-0.05, 0) is 56.4 Å². The molecule has 1 N–H and O–H groups in total. The number of carboxylic acid groups (broad SMARTS) is 1. The lowest BCUT2D eigenvalue weighted by atomic mass is 9.95. The lowest BCUT2D eigenvalue weighted by molar-refractivity contribution is 0.0701. The van der Waals surface area contributed by atoms with Crippen LogP contribution in [0.25, 0.3) is 10.6 Å². The second-order valence-corrected chi connectivity index (χ2v) is 8.52. The van der Waals surface area contributed by atoms with E-state index < -0.39 is 5.97 Å². The number of ether oxygens (including phenoxy) is 1. The average molecular weight is 399 g/mol. The molecule has 1 aliphatic heterocycles. The Kier molecular flexibility index (Phi) is 6.29.